The van der Waals surface area contributed by atoms with Gasteiger partial charge < -0.3 is 9.73 Å². The Morgan fingerprint density at radius 1 is 1.16 bits per heavy atom. The van der Waals surface area contributed by atoms with Gasteiger partial charge in [-0.15, -0.1) is 0 Å². The lowest BCUT2D eigenvalue weighted by Gasteiger charge is -2.35. The number of aryl methyl sites for hydroxylation is 2. The van der Waals surface area contributed by atoms with Crippen LogP contribution in [0.2, 0.25) is 0 Å². The average molecular weight is 340 g/mol. The van der Waals surface area contributed by atoms with Crippen LogP contribution in [-0.4, -0.2) is 30.4 Å². The molecule has 2 aromatic rings. The average Bonchev–Trinajstić information content (AvgIpc) is 3.03. The van der Waals surface area contributed by atoms with Crippen LogP contribution in [0.15, 0.2) is 40.8 Å². The van der Waals surface area contributed by atoms with Crippen LogP contribution in [0, 0.1) is 19.8 Å². The molecule has 1 aliphatic heterocycles. The van der Waals surface area contributed by atoms with Crippen LogP contribution in [0.3, 0.4) is 0 Å². The molecule has 4 nitrogen and oxygen atoms in total. The lowest BCUT2D eigenvalue weighted by Crippen LogP contribution is -2.41. The molecular formula is C21H28N2O2. The molecule has 3 rings (SSSR count). The smallest absolute Gasteiger partial charge is 0.251 e. The minimum Gasteiger partial charge on any atom is -0.465 e. The number of rotatable bonds is 5. The Labute approximate surface area is 150 Å². The second-order valence-electron chi connectivity index (χ2n) is 7.26. The summed E-state index contributed by atoms with van der Waals surface area (Å²) in [5.41, 5.74) is 1.86. The van der Waals surface area contributed by atoms with Gasteiger partial charge in [-0.1, -0.05) is 24.6 Å². The van der Waals surface area contributed by atoms with Crippen molar-refractivity contribution in [1.82, 2.24) is 10.2 Å². The van der Waals surface area contributed by atoms with Gasteiger partial charge in [0.25, 0.3) is 5.91 Å². The Balaban J connectivity index is 1.69. The van der Waals surface area contributed by atoms with E-state index < -0.39 is 0 Å². The van der Waals surface area contributed by atoms with E-state index in [1.54, 1.807) is 0 Å². The molecule has 1 aromatic heterocycles. The number of hydrogen-bond acceptors (Lipinski definition) is 3. The summed E-state index contributed by atoms with van der Waals surface area (Å²) in [5.74, 6) is 2.60. The standard InChI is InChI=1S/C21H28N2O2/c1-15-4-7-18(8-5-15)21(24)22-14-19(20-9-6-17(3)25-20)23-12-10-16(2)11-13-23/h4-9,16,19H,10-14H2,1-3H3,(H,22,24). The van der Waals surface area contributed by atoms with Crippen molar-refractivity contribution < 1.29 is 9.21 Å². The first-order chi connectivity index (χ1) is 12.0. The zero-order valence-electron chi connectivity index (χ0n) is 15.4. The second-order valence-corrected chi connectivity index (χ2v) is 7.26. The third-order valence-electron chi connectivity index (χ3n) is 5.12. The molecule has 0 bridgehead atoms. The molecule has 1 fully saturated rings. The van der Waals surface area contributed by atoms with Gasteiger partial charge in [0.2, 0.25) is 0 Å². The number of furan rings is 1. The highest BCUT2D eigenvalue weighted by Gasteiger charge is 2.27. The number of hydrogen-bond donors (Lipinski definition) is 1. The Morgan fingerprint density at radius 3 is 2.44 bits per heavy atom. The number of carbonyl (C=O) groups excluding carboxylic acids is 1. The summed E-state index contributed by atoms with van der Waals surface area (Å²) in [4.78, 5) is 14.9. The van der Waals surface area contributed by atoms with Crippen molar-refractivity contribution in [3.63, 3.8) is 0 Å². The summed E-state index contributed by atoms with van der Waals surface area (Å²) in [5, 5.41) is 3.09. The van der Waals surface area contributed by atoms with Crippen molar-refractivity contribution in [1.29, 1.82) is 0 Å². The number of carbonyl (C=O) groups is 1. The molecule has 0 aliphatic carbocycles. The molecule has 0 spiro atoms. The van der Waals surface area contributed by atoms with E-state index in [0.717, 1.165) is 36.1 Å². The summed E-state index contributed by atoms with van der Waals surface area (Å²) in [6, 6.07) is 11.8. The fourth-order valence-electron chi connectivity index (χ4n) is 3.38. The van der Waals surface area contributed by atoms with Crippen LogP contribution >= 0.6 is 0 Å². The van der Waals surface area contributed by atoms with E-state index in [0.29, 0.717) is 12.1 Å². The fraction of sp³-hybridized carbons (Fsp3) is 0.476. The van der Waals surface area contributed by atoms with E-state index >= 15 is 0 Å². The molecule has 1 N–H and O–H groups in total. The first kappa shape index (κ1) is 17.7. The van der Waals surface area contributed by atoms with Crippen molar-refractivity contribution in [3.05, 3.63) is 59.0 Å². The molecule has 4 heteroatoms. The minimum absolute atomic E-state index is 0.0290. The van der Waals surface area contributed by atoms with Gasteiger partial charge in [0.15, 0.2) is 0 Å². The van der Waals surface area contributed by atoms with Gasteiger partial charge in [0, 0.05) is 12.1 Å². The second kappa shape index (κ2) is 7.87. The molecule has 1 saturated heterocycles. The molecule has 0 saturated carbocycles. The molecule has 134 valence electrons. The van der Waals surface area contributed by atoms with Crippen LogP contribution < -0.4 is 5.32 Å². The van der Waals surface area contributed by atoms with Gasteiger partial charge >= 0.3 is 0 Å². The van der Waals surface area contributed by atoms with E-state index in [1.807, 2.05) is 50.2 Å². The maximum Gasteiger partial charge on any atom is 0.251 e. The summed E-state index contributed by atoms with van der Waals surface area (Å²) < 4.78 is 5.89. The van der Waals surface area contributed by atoms with E-state index in [9.17, 15) is 4.79 Å². The molecule has 1 amide bonds. The Kier molecular flexibility index (Phi) is 5.59. The van der Waals surface area contributed by atoms with E-state index in [4.69, 9.17) is 4.42 Å². The number of piperidine rings is 1. The van der Waals surface area contributed by atoms with Gasteiger partial charge in [-0.3, -0.25) is 9.69 Å². The lowest BCUT2D eigenvalue weighted by molar-refractivity contribution is 0.0895. The quantitative estimate of drug-likeness (QED) is 0.891. The van der Waals surface area contributed by atoms with Gasteiger partial charge in [-0.25, -0.2) is 0 Å². The van der Waals surface area contributed by atoms with Crippen molar-refractivity contribution in [2.75, 3.05) is 19.6 Å². The fourth-order valence-corrected chi connectivity index (χ4v) is 3.38. The highest BCUT2D eigenvalue weighted by Crippen LogP contribution is 2.27. The summed E-state index contributed by atoms with van der Waals surface area (Å²) in [7, 11) is 0. The summed E-state index contributed by atoms with van der Waals surface area (Å²) >= 11 is 0. The molecule has 25 heavy (non-hydrogen) atoms. The van der Waals surface area contributed by atoms with Crippen molar-refractivity contribution in [2.24, 2.45) is 5.92 Å². The molecule has 1 atom stereocenters. The number of nitrogens with one attached hydrogen (secondary N) is 1. The van der Waals surface area contributed by atoms with Gasteiger partial charge in [-0.2, -0.15) is 0 Å². The van der Waals surface area contributed by atoms with E-state index in [-0.39, 0.29) is 11.9 Å². The largest absolute Gasteiger partial charge is 0.465 e. The summed E-state index contributed by atoms with van der Waals surface area (Å²) in [6.07, 6.45) is 2.39. The summed E-state index contributed by atoms with van der Waals surface area (Å²) in [6.45, 7) is 8.95. The third kappa shape index (κ3) is 4.51. The van der Waals surface area contributed by atoms with Gasteiger partial charge in [0.05, 0.1) is 6.04 Å². The van der Waals surface area contributed by atoms with Crippen molar-refractivity contribution >= 4 is 5.91 Å². The normalized spacial score (nSPS) is 17.4. The zero-order valence-corrected chi connectivity index (χ0v) is 15.4. The van der Waals surface area contributed by atoms with Crippen LogP contribution in [0.25, 0.3) is 0 Å². The van der Waals surface area contributed by atoms with Gasteiger partial charge in [0.1, 0.15) is 11.5 Å². The van der Waals surface area contributed by atoms with Crippen LogP contribution in [0.5, 0.6) is 0 Å². The van der Waals surface area contributed by atoms with Crippen LogP contribution in [0.1, 0.15) is 53.2 Å². The molecule has 2 heterocycles. The Bertz CT molecular complexity index is 697. The van der Waals surface area contributed by atoms with Gasteiger partial charge in [-0.05, 0) is 70.0 Å². The monoisotopic (exact) mass is 340 g/mol. The Hall–Kier alpha value is -2.07. The number of nitrogens with zero attached hydrogens (tertiary/aromatic N) is 1. The number of likely N-dealkylation sites (tertiary alicyclic amines) is 1. The first-order valence-electron chi connectivity index (χ1n) is 9.18. The Morgan fingerprint density at radius 2 is 1.84 bits per heavy atom. The van der Waals surface area contributed by atoms with E-state index in [1.165, 1.54) is 12.8 Å². The van der Waals surface area contributed by atoms with Crippen LogP contribution in [0.4, 0.5) is 0 Å². The predicted molar refractivity (Wildman–Crippen MR) is 99.7 cm³/mol. The topological polar surface area (TPSA) is 45.5 Å². The van der Waals surface area contributed by atoms with Crippen LogP contribution in [-0.2, 0) is 0 Å². The number of amides is 1. The molecule has 1 unspecified atom stereocenters. The lowest BCUT2D eigenvalue weighted by atomic mass is 9.97. The minimum atomic E-state index is -0.0290. The third-order valence-corrected chi connectivity index (χ3v) is 5.12. The predicted octanol–water partition coefficient (Wildman–Crippen LogP) is 4.10. The molecule has 0 radical (unpaired) electrons. The first-order valence-corrected chi connectivity index (χ1v) is 9.18. The highest BCUT2D eigenvalue weighted by atomic mass is 16.3. The van der Waals surface area contributed by atoms with Crippen molar-refractivity contribution in [3.8, 4) is 0 Å². The number of benzene rings is 1. The maximum atomic E-state index is 12.5. The highest BCUT2D eigenvalue weighted by molar-refractivity contribution is 5.94. The SMILES string of the molecule is Cc1ccc(C(=O)NCC(c2ccc(C)o2)N2CCC(C)CC2)cc1. The molecule has 1 aromatic carbocycles. The molecular weight excluding hydrogens is 312 g/mol. The van der Waals surface area contributed by atoms with E-state index in [2.05, 4.69) is 17.1 Å². The zero-order chi connectivity index (χ0) is 17.8. The molecule has 1 aliphatic rings. The maximum absolute atomic E-state index is 12.5. The van der Waals surface area contributed by atoms with Crippen molar-refractivity contribution in [2.45, 2.75) is 39.7 Å².